The number of halogens is 3. The maximum absolute atomic E-state index is 12.9. The number of alkyl halides is 2. The van der Waals surface area contributed by atoms with Crippen molar-refractivity contribution in [2.75, 3.05) is 6.61 Å². The van der Waals surface area contributed by atoms with Crippen molar-refractivity contribution < 1.29 is 22.7 Å². The van der Waals surface area contributed by atoms with Gasteiger partial charge in [0.1, 0.15) is 0 Å². The van der Waals surface area contributed by atoms with E-state index in [1.807, 2.05) is 0 Å². The van der Waals surface area contributed by atoms with Gasteiger partial charge in [-0.1, -0.05) is 23.7 Å². The molecule has 20 heavy (non-hydrogen) atoms. The molecule has 0 fully saturated rings. The summed E-state index contributed by atoms with van der Waals surface area (Å²) in [5, 5.41) is 0.282. The first-order valence-corrected chi connectivity index (χ1v) is 6.13. The summed E-state index contributed by atoms with van der Waals surface area (Å²) in [6.45, 7) is 1.61. The molecule has 0 aliphatic carbocycles. The number of esters is 1. The van der Waals surface area contributed by atoms with Gasteiger partial charge in [0.2, 0.25) is 11.7 Å². The van der Waals surface area contributed by atoms with Crippen LogP contribution in [0.5, 0.6) is 0 Å². The number of hydrogen-bond acceptors (Lipinski definition) is 4. The lowest BCUT2D eigenvalue weighted by molar-refractivity contribution is 0.0476. The van der Waals surface area contributed by atoms with Gasteiger partial charge in [-0.25, -0.2) is 18.6 Å². The number of nitrogens with zero attached hydrogens (tertiary/aromatic N) is 1. The molecule has 4 nitrogen and oxygen atoms in total. The summed E-state index contributed by atoms with van der Waals surface area (Å²) in [6, 6.07) is 6.44. The van der Waals surface area contributed by atoms with Crippen molar-refractivity contribution in [2.45, 2.75) is 13.3 Å². The lowest BCUT2D eigenvalue weighted by Gasteiger charge is -1.99. The smallest absolute Gasteiger partial charge is 0.376 e. The first kappa shape index (κ1) is 14.5. The van der Waals surface area contributed by atoms with Crippen LogP contribution in [-0.2, 0) is 4.74 Å². The van der Waals surface area contributed by atoms with E-state index in [-0.39, 0.29) is 17.5 Å². The third-order valence-corrected chi connectivity index (χ3v) is 2.75. The highest BCUT2D eigenvalue weighted by molar-refractivity contribution is 6.33. The van der Waals surface area contributed by atoms with Crippen molar-refractivity contribution in [3.8, 4) is 11.5 Å². The van der Waals surface area contributed by atoms with E-state index in [2.05, 4.69) is 9.72 Å². The van der Waals surface area contributed by atoms with E-state index >= 15 is 0 Å². The monoisotopic (exact) mass is 301 g/mol. The van der Waals surface area contributed by atoms with Crippen LogP contribution in [0.4, 0.5) is 8.78 Å². The third-order valence-electron chi connectivity index (χ3n) is 2.43. The zero-order valence-electron chi connectivity index (χ0n) is 10.4. The fourth-order valence-corrected chi connectivity index (χ4v) is 1.79. The van der Waals surface area contributed by atoms with Crippen LogP contribution >= 0.6 is 11.6 Å². The minimum atomic E-state index is -2.95. The van der Waals surface area contributed by atoms with Gasteiger partial charge in [-0.05, 0) is 19.1 Å². The molecular formula is C13H10ClF2NO3. The van der Waals surface area contributed by atoms with Gasteiger partial charge < -0.3 is 9.15 Å². The Balaban J connectivity index is 2.50. The second-order valence-corrected chi connectivity index (χ2v) is 4.14. The number of aromatic nitrogens is 1. The first-order chi connectivity index (χ1) is 9.54. The molecule has 1 heterocycles. The van der Waals surface area contributed by atoms with E-state index in [0.717, 1.165) is 0 Å². The Morgan fingerprint density at radius 1 is 1.45 bits per heavy atom. The van der Waals surface area contributed by atoms with E-state index in [1.54, 1.807) is 31.2 Å². The van der Waals surface area contributed by atoms with E-state index in [4.69, 9.17) is 16.0 Å². The van der Waals surface area contributed by atoms with Gasteiger partial charge in [0.05, 0.1) is 17.2 Å². The fraction of sp³-hybridized carbons (Fsp3) is 0.231. The molecular weight excluding hydrogens is 292 g/mol. The Morgan fingerprint density at radius 2 is 2.15 bits per heavy atom. The summed E-state index contributed by atoms with van der Waals surface area (Å²) in [5.41, 5.74) is -0.426. The number of ether oxygens (including phenoxy) is 1. The van der Waals surface area contributed by atoms with Crippen LogP contribution in [0.1, 0.15) is 29.6 Å². The molecule has 0 unspecified atom stereocenters. The molecule has 0 N–H and O–H groups in total. The van der Waals surface area contributed by atoms with Crippen LogP contribution in [-0.4, -0.2) is 17.6 Å². The maximum atomic E-state index is 12.9. The summed E-state index contributed by atoms with van der Waals surface area (Å²) < 4.78 is 35.6. The number of rotatable bonds is 4. The Labute approximate surface area is 118 Å². The van der Waals surface area contributed by atoms with Crippen LogP contribution in [0, 0.1) is 0 Å². The average Bonchev–Trinajstić information content (AvgIpc) is 2.84. The summed E-state index contributed by atoms with van der Waals surface area (Å²) in [5.74, 6) is -1.72. The molecule has 0 radical (unpaired) electrons. The van der Waals surface area contributed by atoms with E-state index < -0.39 is 23.8 Å². The van der Waals surface area contributed by atoms with Crippen molar-refractivity contribution >= 4 is 17.6 Å². The zero-order chi connectivity index (χ0) is 14.7. The van der Waals surface area contributed by atoms with Gasteiger partial charge in [-0.3, -0.25) is 0 Å². The predicted molar refractivity (Wildman–Crippen MR) is 67.9 cm³/mol. The highest BCUT2D eigenvalue weighted by Gasteiger charge is 2.28. The lowest BCUT2D eigenvalue weighted by Crippen LogP contribution is -2.06. The Bertz CT molecular complexity index is 628. The van der Waals surface area contributed by atoms with E-state index in [0.29, 0.717) is 5.56 Å². The third kappa shape index (κ3) is 2.80. The number of carbonyl (C=O) groups excluding carboxylic acids is 1. The number of oxazole rings is 1. The van der Waals surface area contributed by atoms with Gasteiger partial charge in [0.25, 0.3) is 6.43 Å². The summed E-state index contributed by atoms with van der Waals surface area (Å²) in [4.78, 5) is 15.2. The Hall–Kier alpha value is -1.95. The molecule has 0 bridgehead atoms. The summed E-state index contributed by atoms with van der Waals surface area (Å²) in [6.07, 6.45) is -2.95. The zero-order valence-corrected chi connectivity index (χ0v) is 11.2. The maximum Gasteiger partial charge on any atom is 0.376 e. The van der Waals surface area contributed by atoms with Crippen molar-refractivity contribution in [2.24, 2.45) is 0 Å². The summed E-state index contributed by atoms with van der Waals surface area (Å²) in [7, 11) is 0. The first-order valence-electron chi connectivity index (χ1n) is 5.75. The normalized spacial score (nSPS) is 10.8. The molecule has 0 spiro atoms. The van der Waals surface area contributed by atoms with Gasteiger partial charge in [-0.2, -0.15) is 0 Å². The van der Waals surface area contributed by atoms with Crippen LogP contribution in [0.15, 0.2) is 28.7 Å². The topological polar surface area (TPSA) is 52.3 Å². The van der Waals surface area contributed by atoms with E-state index in [9.17, 15) is 13.6 Å². The predicted octanol–water partition coefficient (Wildman–Crippen LogP) is 4.11. The summed E-state index contributed by atoms with van der Waals surface area (Å²) >= 11 is 5.94. The van der Waals surface area contributed by atoms with Crippen molar-refractivity contribution in [1.82, 2.24) is 4.98 Å². The molecule has 2 aromatic rings. The van der Waals surface area contributed by atoms with Gasteiger partial charge in [-0.15, -0.1) is 0 Å². The minimum absolute atomic E-state index is 0.0453. The van der Waals surface area contributed by atoms with Gasteiger partial charge in [0, 0.05) is 0 Å². The molecule has 2 rings (SSSR count). The van der Waals surface area contributed by atoms with Crippen molar-refractivity contribution in [1.29, 1.82) is 0 Å². The second-order valence-electron chi connectivity index (χ2n) is 3.73. The van der Waals surface area contributed by atoms with E-state index in [1.165, 1.54) is 0 Å². The standard InChI is InChI=1S/C13H10ClF2NO3/c1-2-19-13(18)10-9(11(15)16)17-12(20-10)7-5-3-4-6-8(7)14/h3-6,11H,2H2,1H3. The van der Waals surface area contributed by atoms with Crippen molar-refractivity contribution in [3.05, 3.63) is 40.7 Å². The van der Waals surface area contributed by atoms with Crippen LogP contribution in [0.3, 0.4) is 0 Å². The Morgan fingerprint density at radius 3 is 2.75 bits per heavy atom. The highest BCUT2D eigenvalue weighted by Crippen LogP contribution is 2.32. The quantitative estimate of drug-likeness (QED) is 0.797. The molecule has 1 aromatic heterocycles. The Kier molecular flexibility index (Phi) is 4.34. The average molecular weight is 302 g/mol. The fourth-order valence-electron chi connectivity index (χ4n) is 1.57. The number of carbonyl (C=O) groups is 1. The van der Waals surface area contributed by atoms with Gasteiger partial charge in [0.15, 0.2) is 5.69 Å². The van der Waals surface area contributed by atoms with Crippen LogP contribution in [0.2, 0.25) is 5.02 Å². The highest BCUT2D eigenvalue weighted by atomic mass is 35.5. The molecule has 0 saturated heterocycles. The molecule has 0 saturated carbocycles. The molecule has 7 heteroatoms. The number of hydrogen-bond donors (Lipinski definition) is 0. The van der Waals surface area contributed by atoms with Crippen LogP contribution < -0.4 is 0 Å². The molecule has 106 valence electrons. The molecule has 0 atom stereocenters. The molecule has 0 aliphatic heterocycles. The minimum Gasteiger partial charge on any atom is -0.460 e. The number of benzene rings is 1. The lowest BCUT2D eigenvalue weighted by atomic mass is 10.2. The van der Waals surface area contributed by atoms with Gasteiger partial charge >= 0.3 is 5.97 Å². The SMILES string of the molecule is CCOC(=O)c1oc(-c2ccccc2Cl)nc1C(F)F. The largest absolute Gasteiger partial charge is 0.460 e. The second kappa shape index (κ2) is 6.00. The van der Waals surface area contributed by atoms with Crippen molar-refractivity contribution in [3.63, 3.8) is 0 Å². The molecule has 1 aromatic carbocycles. The van der Waals surface area contributed by atoms with Crippen LogP contribution in [0.25, 0.3) is 11.5 Å². The molecule has 0 aliphatic rings. The molecule has 0 amide bonds.